The Kier molecular flexibility index (Phi) is 6.37. The minimum absolute atomic E-state index is 0.272. The minimum atomic E-state index is -0.482. The molecule has 0 aliphatic carbocycles. The highest BCUT2D eigenvalue weighted by Gasteiger charge is 2.36. The van der Waals surface area contributed by atoms with Crippen LogP contribution in [0.5, 0.6) is 5.75 Å². The summed E-state index contributed by atoms with van der Waals surface area (Å²) in [4.78, 5) is 39.2. The zero-order chi connectivity index (χ0) is 23.5. The molecule has 0 saturated carbocycles. The number of carbonyl (C=O) groups is 3. The van der Waals surface area contributed by atoms with Crippen LogP contribution in [0, 0.1) is 13.8 Å². The number of hydrogen-bond donors (Lipinski definition) is 1. The quantitative estimate of drug-likeness (QED) is 0.535. The van der Waals surface area contributed by atoms with Gasteiger partial charge in [0.1, 0.15) is 12.3 Å². The smallest absolute Gasteiger partial charge is 0.294 e. The molecular weight excluding hydrogens is 438 g/mol. The van der Waals surface area contributed by atoms with E-state index in [0.717, 1.165) is 44.9 Å². The lowest BCUT2D eigenvalue weighted by Crippen LogP contribution is -2.36. The topological polar surface area (TPSA) is 80.6 Å². The lowest BCUT2D eigenvalue weighted by Gasteiger charge is -2.15. The summed E-state index contributed by atoms with van der Waals surface area (Å²) in [6.07, 6.45) is 3.54. The summed E-state index contributed by atoms with van der Waals surface area (Å²) < 4.78 is 7.10. The lowest BCUT2D eigenvalue weighted by atomic mass is 10.1. The number of imide groups is 1. The third kappa shape index (κ3) is 4.70. The van der Waals surface area contributed by atoms with E-state index in [-0.39, 0.29) is 11.4 Å². The molecule has 1 saturated heterocycles. The molecule has 1 aliphatic rings. The number of benzene rings is 2. The second-order valence-electron chi connectivity index (χ2n) is 7.58. The van der Waals surface area contributed by atoms with Gasteiger partial charge < -0.3 is 14.6 Å². The highest BCUT2D eigenvalue weighted by molar-refractivity contribution is 8.18. The highest BCUT2D eigenvalue weighted by Crippen LogP contribution is 2.33. The fourth-order valence-corrected chi connectivity index (χ4v) is 4.42. The molecule has 8 heteroatoms. The molecule has 168 valence electrons. The van der Waals surface area contributed by atoms with E-state index in [9.17, 15) is 14.4 Å². The zero-order valence-electron chi connectivity index (χ0n) is 18.5. The van der Waals surface area contributed by atoms with Crippen LogP contribution in [0.2, 0.25) is 0 Å². The molecule has 0 spiro atoms. The predicted molar refractivity (Wildman–Crippen MR) is 130 cm³/mol. The fourth-order valence-electron chi connectivity index (χ4n) is 3.59. The Balaban J connectivity index is 1.51. The summed E-state index contributed by atoms with van der Waals surface area (Å²) in [5.41, 5.74) is 4.15. The number of carbonyl (C=O) groups excluding carboxylic acids is 3. The Labute approximate surface area is 196 Å². The maximum Gasteiger partial charge on any atom is 0.294 e. The average molecular weight is 462 g/mol. The van der Waals surface area contributed by atoms with E-state index in [1.807, 2.05) is 79.2 Å². The third-order valence-electron chi connectivity index (χ3n) is 5.33. The van der Waals surface area contributed by atoms with Gasteiger partial charge in [0.2, 0.25) is 5.91 Å². The van der Waals surface area contributed by atoms with Gasteiger partial charge in [-0.15, -0.1) is 0 Å². The molecule has 0 radical (unpaired) electrons. The number of ether oxygens (including phenoxy) is 1. The van der Waals surface area contributed by atoms with Gasteiger partial charge in [-0.25, -0.2) is 0 Å². The molecule has 33 heavy (non-hydrogen) atoms. The highest BCUT2D eigenvalue weighted by atomic mass is 32.2. The molecule has 0 atom stereocenters. The molecule has 1 fully saturated rings. The van der Waals surface area contributed by atoms with Crippen molar-refractivity contribution in [1.82, 2.24) is 9.47 Å². The van der Waals surface area contributed by atoms with Crippen LogP contribution in [-0.2, 0) is 9.59 Å². The van der Waals surface area contributed by atoms with Crippen molar-refractivity contribution in [2.75, 3.05) is 19.0 Å². The number of para-hydroxylation sites is 1. The third-order valence-corrected chi connectivity index (χ3v) is 6.24. The molecule has 2 aromatic carbocycles. The Bertz CT molecular complexity index is 1240. The SMILES string of the molecule is COc1ccc(-n2cccc2/C=C2\SC(=O)N(CC(=O)Nc3c(C)cccc3C)C2=O)cc1. The van der Waals surface area contributed by atoms with Crippen LogP contribution in [0.25, 0.3) is 11.8 Å². The van der Waals surface area contributed by atoms with Crippen molar-refractivity contribution in [2.24, 2.45) is 0 Å². The van der Waals surface area contributed by atoms with Gasteiger partial charge in [0.25, 0.3) is 11.1 Å². The molecule has 3 amide bonds. The van der Waals surface area contributed by atoms with Crippen molar-refractivity contribution >= 4 is 40.6 Å². The lowest BCUT2D eigenvalue weighted by molar-refractivity contribution is -0.127. The summed E-state index contributed by atoms with van der Waals surface area (Å²) >= 11 is 0.830. The first-order valence-corrected chi connectivity index (χ1v) is 11.1. The maximum absolute atomic E-state index is 12.9. The Morgan fingerprint density at radius 2 is 1.73 bits per heavy atom. The first kappa shape index (κ1) is 22.4. The van der Waals surface area contributed by atoms with E-state index in [1.165, 1.54) is 0 Å². The van der Waals surface area contributed by atoms with E-state index < -0.39 is 17.1 Å². The van der Waals surface area contributed by atoms with E-state index in [2.05, 4.69) is 5.32 Å². The van der Waals surface area contributed by atoms with Crippen molar-refractivity contribution in [2.45, 2.75) is 13.8 Å². The van der Waals surface area contributed by atoms with Gasteiger partial charge in [-0.3, -0.25) is 19.3 Å². The predicted octanol–water partition coefficient (Wildman–Crippen LogP) is 4.78. The second kappa shape index (κ2) is 9.38. The minimum Gasteiger partial charge on any atom is -0.497 e. The van der Waals surface area contributed by atoms with Crippen LogP contribution in [0.1, 0.15) is 16.8 Å². The van der Waals surface area contributed by atoms with Crippen LogP contribution >= 0.6 is 11.8 Å². The van der Waals surface area contributed by atoms with Crippen molar-refractivity contribution in [3.05, 3.63) is 82.5 Å². The van der Waals surface area contributed by atoms with Gasteiger partial charge in [0.15, 0.2) is 0 Å². The number of amides is 3. The molecule has 1 aliphatic heterocycles. The van der Waals surface area contributed by atoms with Crippen LogP contribution in [0.3, 0.4) is 0 Å². The number of thioether (sulfide) groups is 1. The molecule has 0 unspecified atom stereocenters. The standard InChI is InChI=1S/C25H23N3O4S/c1-16-6-4-7-17(2)23(16)26-22(29)15-28-24(30)21(33-25(28)31)14-19-8-5-13-27(19)18-9-11-20(32-3)12-10-18/h4-14H,15H2,1-3H3,(H,26,29)/b21-14-. The van der Waals surface area contributed by atoms with E-state index in [1.54, 1.807) is 13.2 Å². The van der Waals surface area contributed by atoms with Gasteiger partial charge in [-0.05, 0) is 79.2 Å². The Morgan fingerprint density at radius 3 is 2.39 bits per heavy atom. The number of methoxy groups -OCH3 is 1. The molecule has 4 rings (SSSR count). The zero-order valence-corrected chi connectivity index (χ0v) is 19.3. The molecule has 3 aromatic rings. The molecule has 2 heterocycles. The van der Waals surface area contributed by atoms with Crippen molar-refractivity contribution in [3.8, 4) is 11.4 Å². The van der Waals surface area contributed by atoms with Gasteiger partial charge in [-0.2, -0.15) is 0 Å². The normalized spacial score (nSPS) is 14.8. The Morgan fingerprint density at radius 1 is 1.03 bits per heavy atom. The summed E-state index contributed by atoms with van der Waals surface area (Å²) in [5.74, 6) is -0.158. The van der Waals surface area contributed by atoms with Crippen LogP contribution < -0.4 is 10.1 Å². The van der Waals surface area contributed by atoms with Crippen LogP contribution in [0.4, 0.5) is 10.5 Å². The number of rotatable bonds is 6. The molecule has 7 nitrogen and oxygen atoms in total. The van der Waals surface area contributed by atoms with Gasteiger partial charge in [0, 0.05) is 23.3 Å². The molecule has 1 N–H and O–H groups in total. The van der Waals surface area contributed by atoms with E-state index >= 15 is 0 Å². The summed E-state index contributed by atoms with van der Waals surface area (Å²) in [5, 5.41) is 2.35. The van der Waals surface area contributed by atoms with Crippen LogP contribution in [0.15, 0.2) is 65.7 Å². The summed E-state index contributed by atoms with van der Waals surface area (Å²) in [7, 11) is 1.61. The van der Waals surface area contributed by atoms with Gasteiger partial charge in [-0.1, -0.05) is 18.2 Å². The number of nitrogens with one attached hydrogen (secondary N) is 1. The van der Waals surface area contributed by atoms with Crippen molar-refractivity contribution < 1.29 is 19.1 Å². The number of hydrogen-bond acceptors (Lipinski definition) is 5. The maximum atomic E-state index is 12.9. The monoisotopic (exact) mass is 461 g/mol. The molecule has 1 aromatic heterocycles. The number of nitrogens with zero attached hydrogens (tertiary/aromatic N) is 2. The first-order valence-electron chi connectivity index (χ1n) is 10.3. The Hall–Kier alpha value is -3.78. The summed E-state index contributed by atoms with van der Waals surface area (Å²) in [6.45, 7) is 3.45. The van der Waals surface area contributed by atoms with E-state index in [0.29, 0.717) is 5.69 Å². The average Bonchev–Trinajstić information content (AvgIpc) is 3.36. The summed E-state index contributed by atoms with van der Waals surface area (Å²) in [6, 6.07) is 16.9. The largest absolute Gasteiger partial charge is 0.497 e. The second-order valence-corrected chi connectivity index (χ2v) is 8.58. The van der Waals surface area contributed by atoms with Crippen LogP contribution in [-0.4, -0.2) is 40.2 Å². The number of anilines is 1. The van der Waals surface area contributed by atoms with Gasteiger partial charge in [0.05, 0.1) is 12.0 Å². The first-order chi connectivity index (χ1) is 15.9. The van der Waals surface area contributed by atoms with Crippen molar-refractivity contribution in [1.29, 1.82) is 0 Å². The molecular formula is C25H23N3O4S. The number of aromatic nitrogens is 1. The molecule has 0 bridgehead atoms. The van der Waals surface area contributed by atoms with Gasteiger partial charge >= 0.3 is 0 Å². The fraction of sp³-hybridized carbons (Fsp3) is 0.160. The van der Waals surface area contributed by atoms with Crippen molar-refractivity contribution in [3.63, 3.8) is 0 Å². The van der Waals surface area contributed by atoms with E-state index in [4.69, 9.17) is 4.74 Å². The number of aryl methyl sites for hydroxylation is 2.